The van der Waals surface area contributed by atoms with Gasteiger partial charge in [-0.2, -0.15) is 0 Å². The Kier molecular flexibility index (Phi) is 7.94. The highest BCUT2D eigenvalue weighted by Crippen LogP contribution is 2.01. The van der Waals surface area contributed by atoms with Gasteiger partial charge in [0.2, 0.25) is 0 Å². The maximum atomic E-state index is 8.53. The predicted molar refractivity (Wildman–Crippen MR) is 77.8 cm³/mol. The monoisotopic (exact) mass is 262 g/mol. The largest absolute Gasteiger partial charge is 0.396 e. The second-order valence-electron chi connectivity index (χ2n) is 3.93. The summed E-state index contributed by atoms with van der Waals surface area (Å²) in [6.45, 7) is 0.287. The van der Waals surface area contributed by atoms with Crippen molar-refractivity contribution < 1.29 is 5.11 Å². The molecule has 96 valence electrons. The average Bonchev–Trinajstić information content (AvgIpc) is 2.48. The summed E-state index contributed by atoms with van der Waals surface area (Å²) in [6, 6.07) is 20.2. The van der Waals surface area contributed by atoms with Gasteiger partial charge in [0.05, 0.1) is 0 Å². The van der Waals surface area contributed by atoms with Crippen LogP contribution >= 0.6 is 11.6 Å². The van der Waals surface area contributed by atoms with Crippen LogP contribution in [0.25, 0.3) is 0 Å². The van der Waals surface area contributed by atoms with Crippen LogP contribution in [-0.2, 0) is 12.3 Å². The summed E-state index contributed by atoms with van der Waals surface area (Å²) in [6.07, 6.45) is 1.85. The first-order valence-electron chi connectivity index (χ1n) is 6.11. The molecule has 2 heteroatoms. The molecule has 0 radical (unpaired) electrons. The van der Waals surface area contributed by atoms with Gasteiger partial charge in [0.25, 0.3) is 0 Å². The van der Waals surface area contributed by atoms with Gasteiger partial charge in [-0.05, 0) is 24.0 Å². The molecule has 18 heavy (non-hydrogen) atoms. The van der Waals surface area contributed by atoms with Gasteiger partial charge in [0.1, 0.15) is 0 Å². The van der Waals surface area contributed by atoms with Crippen molar-refractivity contribution in [3.63, 3.8) is 0 Å². The number of alkyl halides is 1. The zero-order chi connectivity index (χ0) is 13.1. The molecule has 0 saturated carbocycles. The van der Waals surface area contributed by atoms with E-state index in [1.807, 2.05) is 48.5 Å². The van der Waals surface area contributed by atoms with Crippen LogP contribution in [0, 0.1) is 0 Å². The van der Waals surface area contributed by atoms with Crippen molar-refractivity contribution in [1.82, 2.24) is 0 Å². The molecule has 1 N–H and O–H groups in total. The average molecular weight is 263 g/mol. The van der Waals surface area contributed by atoms with E-state index in [9.17, 15) is 0 Å². The van der Waals surface area contributed by atoms with Crippen LogP contribution in [0.5, 0.6) is 0 Å². The zero-order valence-electron chi connectivity index (χ0n) is 10.4. The van der Waals surface area contributed by atoms with E-state index >= 15 is 0 Å². The molecule has 0 aromatic heterocycles. The first-order valence-corrected chi connectivity index (χ1v) is 6.65. The van der Waals surface area contributed by atoms with E-state index in [2.05, 4.69) is 12.1 Å². The van der Waals surface area contributed by atoms with E-state index < -0.39 is 0 Å². The summed E-state index contributed by atoms with van der Waals surface area (Å²) in [5, 5.41) is 8.53. The minimum Gasteiger partial charge on any atom is -0.396 e. The first kappa shape index (κ1) is 14.7. The minimum atomic E-state index is 0.287. The summed E-state index contributed by atoms with van der Waals surface area (Å²) in [5.74, 6) is 0.612. The van der Waals surface area contributed by atoms with E-state index in [4.69, 9.17) is 16.7 Å². The summed E-state index contributed by atoms with van der Waals surface area (Å²) in [5.41, 5.74) is 2.48. The molecule has 1 nitrogen and oxygen atoms in total. The van der Waals surface area contributed by atoms with Gasteiger partial charge in [-0.15, -0.1) is 11.6 Å². The molecular weight excluding hydrogens is 244 g/mol. The van der Waals surface area contributed by atoms with Gasteiger partial charge in [0.15, 0.2) is 0 Å². The number of hydrogen-bond donors (Lipinski definition) is 1. The molecule has 0 unspecified atom stereocenters. The van der Waals surface area contributed by atoms with Crippen LogP contribution in [0.2, 0.25) is 0 Å². The Morgan fingerprint density at radius 2 is 1.28 bits per heavy atom. The fourth-order valence-electron chi connectivity index (χ4n) is 1.49. The number of aryl methyl sites for hydroxylation is 1. The second kappa shape index (κ2) is 9.69. The summed E-state index contributed by atoms with van der Waals surface area (Å²) >= 11 is 5.53. The molecule has 0 fully saturated rings. The highest BCUT2D eigenvalue weighted by atomic mass is 35.5. The van der Waals surface area contributed by atoms with E-state index in [1.54, 1.807) is 0 Å². The Morgan fingerprint density at radius 1 is 0.778 bits per heavy atom. The quantitative estimate of drug-likeness (QED) is 0.825. The van der Waals surface area contributed by atoms with Crippen molar-refractivity contribution >= 4 is 11.6 Å². The lowest BCUT2D eigenvalue weighted by Gasteiger charge is -1.96. The Hall–Kier alpha value is -1.31. The maximum absolute atomic E-state index is 8.53. The Bertz CT molecular complexity index is 400. The second-order valence-corrected chi connectivity index (χ2v) is 4.20. The van der Waals surface area contributed by atoms with E-state index in [0.29, 0.717) is 5.88 Å². The molecule has 0 aliphatic heterocycles. The molecule has 0 heterocycles. The third-order valence-electron chi connectivity index (χ3n) is 2.46. The van der Waals surface area contributed by atoms with E-state index in [0.717, 1.165) is 12.8 Å². The molecular formula is C16H19ClO. The maximum Gasteiger partial charge on any atom is 0.0474 e. The lowest BCUT2D eigenvalue weighted by molar-refractivity contribution is 0.288. The van der Waals surface area contributed by atoms with Crippen LogP contribution in [0.3, 0.4) is 0 Å². The number of hydrogen-bond acceptors (Lipinski definition) is 1. The highest BCUT2D eigenvalue weighted by Gasteiger charge is 1.88. The van der Waals surface area contributed by atoms with Crippen molar-refractivity contribution in [2.24, 2.45) is 0 Å². The molecule has 0 spiro atoms. The Labute approximate surface area is 114 Å². The smallest absolute Gasteiger partial charge is 0.0474 e. The number of halogens is 1. The number of benzene rings is 2. The van der Waals surface area contributed by atoms with Crippen LogP contribution in [0.4, 0.5) is 0 Å². The van der Waals surface area contributed by atoms with Crippen LogP contribution in [0.1, 0.15) is 17.5 Å². The Morgan fingerprint density at radius 3 is 1.67 bits per heavy atom. The summed E-state index contributed by atoms with van der Waals surface area (Å²) < 4.78 is 0. The molecule has 2 aromatic carbocycles. The molecule has 0 amide bonds. The molecule has 0 bridgehead atoms. The number of aliphatic hydroxyl groups excluding tert-OH is 1. The van der Waals surface area contributed by atoms with Crippen molar-refractivity contribution in [2.75, 3.05) is 6.61 Å². The Balaban J connectivity index is 0.000000184. The standard InChI is InChI=1S/C9H12O.C7H7Cl/c10-8-4-7-9-5-2-1-3-6-9;8-6-7-4-2-1-3-5-7/h1-3,5-6,10H,4,7-8H2;1-5H,6H2. The van der Waals surface area contributed by atoms with Gasteiger partial charge >= 0.3 is 0 Å². The van der Waals surface area contributed by atoms with Gasteiger partial charge in [-0.1, -0.05) is 60.7 Å². The summed E-state index contributed by atoms with van der Waals surface area (Å²) in [7, 11) is 0. The van der Waals surface area contributed by atoms with Gasteiger partial charge < -0.3 is 5.11 Å². The van der Waals surface area contributed by atoms with E-state index in [-0.39, 0.29) is 6.61 Å². The van der Waals surface area contributed by atoms with Crippen molar-refractivity contribution in [2.45, 2.75) is 18.7 Å². The third kappa shape index (κ3) is 6.43. The van der Waals surface area contributed by atoms with Crippen LogP contribution in [0.15, 0.2) is 60.7 Å². The number of aliphatic hydroxyl groups is 1. The topological polar surface area (TPSA) is 20.2 Å². The lowest BCUT2D eigenvalue weighted by atomic mass is 10.1. The van der Waals surface area contributed by atoms with Gasteiger partial charge in [0, 0.05) is 12.5 Å². The summed E-state index contributed by atoms with van der Waals surface area (Å²) in [4.78, 5) is 0. The minimum absolute atomic E-state index is 0.287. The van der Waals surface area contributed by atoms with Gasteiger partial charge in [-0.3, -0.25) is 0 Å². The normalized spacial score (nSPS) is 9.44. The lowest BCUT2D eigenvalue weighted by Crippen LogP contribution is -1.87. The molecule has 0 aliphatic rings. The number of rotatable bonds is 4. The molecule has 2 rings (SSSR count). The SMILES string of the molecule is ClCc1ccccc1.OCCCc1ccccc1. The van der Waals surface area contributed by atoms with E-state index in [1.165, 1.54) is 11.1 Å². The van der Waals surface area contributed by atoms with Gasteiger partial charge in [-0.25, -0.2) is 0 Å². The molecule has 0 saturated heterocycles. The molecule has 0 aliphatic carbocycles. The fourth-order valence-corrected chi connectivity index (χ4v) is 1.67. The van der Waals surface area contributed by atoms with Crippen molar-refractivity contribution in [1.29, 1.82) is 0 Å². The first-order chi connectivity index (χ1) is 8.86. The molecule has 2 aromatic rings. The van der Waals surface area contributed by atoms with Crippen molar-refractivity contribution in [3.05, 3.63) is 71.8 Å². The highest BCUT2D eigenvalue weighted by molar-refractivity contribution is 6.17. The fraction of sp³-hybridized carbons (Fsp3) is 0.250. The van der Waals surface area contributed by atoms with Crippen LogP contribution < -0.4 is 0 Å². The predicted octanol–water partition coefficient (Wildman–Crippen LogP) is 4.04. The van der Waals surface area contributed by atoms with Crippen molar-refractivity contribution in [3.8, 4) is 0 Å². The zero-order valence-corrected chi connectivity index (χ0v) is 11.2. The van der Waals surface area contributed by atoms with Crippen LogP contribution in [-0.4, -0.2) is 11.7 Å². The molecule has 0 atom stereocenters. The third-order valence-corrected chi connectivity index (χ3v) is 2.77.